The minimum Gasteiger partial charge on any atom is -0.335 e. The summed E-state index contributed by atoms with van der Waals surface area (Å²) in [4.78, 5) is 14.7. The summed E-state index contributed by atoms with van der Waals surface area (Å²) in [6.07, 6.45) is 7.87. The van der Waals surface area contributed by atoms with Crippen molar-refractivity contribution >= 4 is 15.9 Å². The van der Waals surface area contributed by atoms with Gasteiger partial charge in [0, 0.05) is 37.0 Å². The number of likely N-dealkylation sites (tertiary alicyclic amines) is 1. The lowest BCUT2D eigenvalue weighted by atomic mass is 9.95. The van der Waals surface area contributed by atoms with Gasteiger partial charge in [-0.2, -0.15) is 0 Å². The molecule has 2 amide bonds. The summed E-state index contributed by atoms with van der Waals surface area (Å²) in [7, 11) is -3.01. The minimum absolute atomic E-state index is 0.0261. The van der Waals surface area contributed by atoms with Crippen LogP contribution in [0.3, 0.4) is 0 Å². The number of urea groups is 1. The number of hydrogen-bond acceptors (Lipinski definition) is 4. The molecule has 0 spiro atoms. The molecular weight excluding hydrogens is 314 g/mol. The SMILES string of the molecule is CC1CC(NC(=O)NC2CCCC(S(C)(=O)=O)C2)CN1C1CC1. The van der Waals surface area contributed by atoms with Gasteiger partial charge >= 0.3 is 6.03 Å². The molecule has 3 aliphatic rings. The topological polar surface area (TPSA) is 78.5 Å². The van der Waals surface area contributed by atoms with Crippen LogP contribution in [0.5, 0.6) is 0 Å². The number of nitrogens with zero attached hydrogens (tertiary/aromatic N) is 1. The van der Waals surface area contributed by atoms with Gasteiger partial charge in [0.15, 0.2) is 0 Å². The molecule has 0 aromatic heterocycles. The van der Waals surface area contributed by atoms with Crippen LogP contribution in [0, 0.1) is 0 Å². The van der Waals surface area contributed by atoms with Crippen LogP contribution in [0.15, 0.2) is 0 Å². The van der Waals surface area contributed by atoms with E-state index >= 15 is 0 Å². The zero-order valence-corrected chi connectivity index (χ0v) is 14.9. The Morgan fingerprint density at radius 1 is 1.04 bits per heavy atom. The summed E-state index contributed by atoms with van der Waals surface area (Å²) < 4.78 is 23.4. The van der Waals surface area contributed by atoms with Gasteiger partial charge in [-0.1, -0.05) is 6.42 Å². The Balaban J connectivity index is 1.46. The standard InChI is InChI=1S/C16H29N3O3S/c1-11-8-13(10-19(11)14-6-7-14)18-16(20)17-12-4-3-5-15(9-12)23(2,21)22/h11-15H,3-10H2,1-2H3,(H2,17,18,20). The summed E-state index contributed by atoms with van der Waals surface area (Å²) in [5.41, 5.74) is 0. The van der Waals surface area contributed by atoms with Gasteiger partial charge in [0.25, 0.3) is 0 Å². The number of hydrogen-bond donors (Lipinski definition) is 2. The first-order valence-electron chi connectivity index (χ1n) is 8.84. The quantitative estimate of drug-likeness (QED) is 0.806. The largest absolute Gasteiger partial charge is 0.335 e. The van der Waals surface area contributed by atoms with Crippen LogP contribution >= 0.6 is 0 Å². The molecule has 4 atom stereocenters. The molecule has 23 heavy (non-hydrogen) atoms. The highest BCUT2D eigenvalue weighted by molar-refractivity contribution is 7.91. The van der Waals surface area contributed by atoms with Crippen molar-refractivity contribution in [3.8, 4) is 0 Å². The van der Waals surface area contributed by atoms with Crippen molar-refractivity contribution in [3.05, 3.63) is 0 Å². The van der Waals surface area contributed by atoms with Crippen molar-refractivity contribution < 1.29 is 13.2 Å². The van der Waals surface area contributed by atoms with Crippen LogP contribution in [0.4, 0.5) is 4.79 Å². The van der Waals surface area contributed by atoms with E-state index in [2.05, 4.69) is 22.5 Å². The maximum atomic E-state index is 12.2. The molecule has 7 heteroatoms. The molecule has 0 aromatic carbocycles. The van der Waals surface area contributed by atoms with E-state index in [0.29, 0.717) is 12.5 Å². The van der Waals surface area contributed by atoms with Gasteiger partial charge in [0.1, 0.15) is 9.84 Å². The molecule has 4 unspecified atom stereocenters. The van der Waals surface area contributed by atoms with E-state index in [1.54, 1.807) is 0 Å². The van der Waals surface area contributed by atoms with Crippen molar-refractivity contribution in [2.75, 3.05) is 12.8 Å². The number of carbonyl (C=O) groups excluding carboxylic acids is 1. The normalized spacial score (nSPS) is 35.9. The molecule has 1 heterocycles. The van der Waals surface area contributed by atoms with Gasteiger partial charge in [-0.25, -0.2) is 13.2 Å². The average Bonchev–Trinajstić information content (AvgIpc) is 3.23. The Hall–Kier alpha value is -0.820. The number of sulfone groups is 1. The van der Waals surface area contributed by atoms with Crippen LogP contribution in [0.25, 0.3) is 0 Å². The molecule has 0 bridgehead atoms. The molecule has 2 saturated carbocycles. The zero-order chi connectivity index (χ0) is 16.6. The fourth-order valence-electron chi connectivity index (χ4n) is 4.15. The van der Waals surface area contributed by atoms with Gasteiger partial charge in [-0.15, -0.1) is 0 Å². The van der Waals surface area contributed by atoms with E-state index < -0.39 is 9.84 Å². The maximum absolute atomic E-state index is 12.2. The molecule has 1 aliphatic heterocycles. The second-order valence-electron chi connectivity index (χ2n) is 7.64. The van der Waals surface area contributed by atoms with E-state index in [-0.39, 0.29) is 23.4 Å². The lowest BCUT2D eigenvalue weighted by Gasteiger charge is -2.29. The van der Waals surface area contributed by atoms with Gasteiger partial charge in [-0.3, -0.25) is 4.90 Å². The molecule has 3 rings (SSSR count). The fourth-order valence-corrected chi connectivity index (χ4v) is 5.33. The molecule has 132 valence electrons. The second kappa shape index (κ2) is 6.59. The predicted molar refractivity (Wildman–Crippen MR) is 90.2 cm³/mol. The van der Waals surface area contributed by atoms with Crippen LogP contribution in [-0.4, -0.2) is 61.6 Å². The van der Waals surface area contributed by atoms with E-state index in [4.69, 9.17) is 0 Å². The maximum Gasteiger partial charge on any atom is 0.315 e. The average molecular weight is 343 g/mol. The third-order valence-electron chi connectivity index (χ3n) is 5.54. The monoisotopic (exact) mass is 343 g/mol. The zero-order valence-electron chi connectivity index (χ0n) is 14.1. The Morgan fingerprint density at radius 3 is 2.39 bits per heavy atom. The van der Waals surface area contributed by atoms with E-state index in [1.807, 2.05) is 0 Å². The van der Waals surface area contributed by atoms with Crippen LogP contribution in [0.1, 0.15) is 51.9 Å². The first-order valence-corrected chi connectivity index (χ1v) is 10.8. The molecule has 3 fully saturated rings. The van der Waals surface area contributed by atoms with E-state index in [1.165, 1.54) is 19.1 Å². The fraction of sp³-hybridized carbons (Fsp3) is 0.938. The Kier molecular flexibility index (Phi) is 4.88. The number of amides is 2. The highest BCUT2D eigenvalue weighted by Gasteiger charge is 2.39. The minimum atomic E-state index is -3.01. The summed E-state index contributed by atoms with van der Waals surface area (Å²) in [6, 6.07) is 1.31. The molecule has 6 nitrogen and oxygen atoms in total. The van der Waals surface area contributed by atoms with Crippen molar-refractivity contribution in [1.29, 1.82) is 0 Å². The summed E-state index contributed by atoms with van der Waals surface area (Å²) in [5.74, 6) is 0. The highest BCUT2D eigenvalue weighted by Crippen LogP contribution is 2.33. The lowest BCUT2D eigenvalue weighted by molar-refractivity contribution is 0.227. The first kappa shape index (κ1) is 17.0. The number of nitrogens with one attached hydrogen (secondary N) is 2. The Bertz CT molecular complexity index is 547. The third-order valence-corrected chi connectivity index (χ3v) is 7.18. The Labute approximate surface area is 139 Å². The Morgan fingerprint density at radius 2 is 1.74 bits per heavy atom. The van der Waals surface area contributed by atoms with Gasteiger partial charge < -0.3 is 10.6 Å². The van der Waals surface area contributed by atoms with Crippen LogP contribution < -0.4 is 10.6 Å². The molecular formula is C16H29N3O3S. The molecule has 0 aromatic rings. The molecule has 2 aliphatic carbocycles. The number of carbonyl (C=O) groups is 1. The van der Waals surface area contributed by atoms with E-state index in [0.717, 1.165) is 38.3 Å². The first-order chi connectivity index (χ1) is 10.8. The van der Waals surface area contributed by atoms with Crippen molar-refractivity contribution in [1.82, 2.24) is 15.5 Å². The van der Waals surface area contributed by atoms with Crippen molar-refractivity contribution in [3.63, 3.8) is 0 Å². The van der Waals surface area contributed by atoms with Crippen LogP contribution in [-0.2, 0) is 9.84 Å². The molecule has 1 saturated heterocycles. The molecule has 2 N–H and O–H groups in total. The summed E-state index contributed by atoms with van der Waals surface area (Å²) in [6.45, 7) is 3.17. The number of rotatable bonds is 4. The summed E-state index contributed by atoms with van der Waals surface area (Å²) >= 11 is 0. The smallest absolute Gasteiger partial charge is 0.315 e. The summed E-state index contributed by atoms with van der Waals surface area (Å²) in [5, 5.41) is 5.76. The van der Waals surface area contributed by atoms with E-state index in [9.17, 15) is 13.2 Å². The van der Waals surface area contributed by atoms with Crippen LogP contribution in [0.2, 0.25) is 0 Å². The van der Waals surface area contributed by atoms with Gasteiger partial charge in [0.05, 0.1) is 5.25 Å². The molecule has 0 radical (unpaired) electrons. The predicted octanol–water partition coefficient (Wildman–Crippen LogP) is 1.27. The second-order valence-corrected chi connectivity index (χ2v) is 9.97. The lowest BCUT2D eigenvalue weighted by Crippen LogP contribution is -2.49. The third kappa shape index (κ3) is 4.38. The van der Waals surface area contributed by atoms with Gasteiger partial charge in [0.2, 0.25) is 0 Å². The van der Waals surface area contributed by atoms with Crippen molar-refractivity contribution in [2.45, 2.75) is 81.3 Å². The van der Waals surface area contributed by atoms with Gasteiger partial charge in [-0.05, 0) is 45.4 Å². The highest BCUT2D eigenvalue weighted by atomic mass is 32.2. The van der Waals surface area contributed by atoms with Crippen molar-refractivity contribution in [2.24, 2.45) is 0 Å².